The molecule has 0 unspecified atom stereocenters. The number of hydrogen-bond donors (Lipinski definition) is 8. The number of fused-ring (bicyclic) bond motifs is 8. The lowest BCUT2D eigenvalue weighted by molar-refractivity contribution is 0.449. The van der Waals surface area contributed by atoms with Crippen LogP contribution in [0.2, 0.25) is 0 Å². The highest BCUT2D eigenvalue weighted by molar-refractivity contribution is 7.94. The van der Waals surface area contributed by atoms with Crippen molar-refractivity contribution in [2.75, 3.05) is 0 Å². The molecule has 0 fully saturated rings. The van der Waals surface area contributed by atoms with Crippen molar-refractivity contribution in [3.8, 4) is 23.0 Å². The zero-order valence-corrected chi connectivity index (χ0v) is 25.6. The molecule has 5 rings (SSSR count). The van der Waals surface area contributed by atoms with Gasteiger partial charge in [-0.05, 0) is 70.8 Å². The minimum Gasteiger partial charge on any atom is -0.507 e. The van der Waals surface area contributed by atoms with Crippen LogP contribution in [0.5, 0.6) is 23.0 Å². The topological polar surface area (TPSA) is 230 Å². The van der Waals surface area contributed by atoms with Gasteiger partial charge < -0.3 is 29.5 Å². The highest BCUT2D eigenvalue weighted by Gasteiger charge is 2.24. The first-order valence-corrected chi connectivity index (χ1v) is 17.0. The van der Waals surface area contributed by atoms with Crippen molar-refractivity contribution in [2.45, 2.75) is 45.3 Å². The molecule has 0 spiro atoms. The number of aromatic hydroxyl groups is 4. The van der Waals surface area contributed by atoms with E-state index in [1.165, 1.54) is 24.3 Å². The van der Waals surface area contributed by atoms with E-state index in [-0.39, 0.29) is 91.5 Å². The third-order valence-corrected chi connectivity index (χ3v) is 9.85. The fourth-order valence-electron chi connectivity index (χ4n) is 5.21. The molecular weight excluding hydrogens is 657 g/mol. The van der Waals surface area contributed by atoms with Gasteiger partial charge in [0.1, 0.15) is 23.0 Å². The number of benzene rings is 4. The van der Waals surface area contributed by atoms with E-state index in [9.17, 15) is 55.5 Å². The Labute approximate surface area is 260 Å². The molecule has 0 aliphatic heterocycles. The van der Waals surface area contributed by atoms with Gasteiger partial charge in [0.05, 0.1) is 9.79 Å². The van der Waals surface area contributed by atoms with Gasteiger partial charge in [0.2, 0.25) is 0 Å². The molecule has 8 bridgehead atoms. The Morgan fingerprint density at radius 2 is 0.636 bits per heavy atom. The first kappa shape index (κ1) is 31.9. The Morgan fingerprint density at radius 3 is 0.818 bits per heavy atom. The fourth-order valence-corrected chi connectivity index (χ4v) is 7.16. The van der Waals surface area contributed by atoms with E-state index in [1.54, 1.807) is 0 Å². The van der Waals surface area contributed by atoms with Gasteiger partial charge in [0.15, 0.2) is 0 Å². The molecule has 44 heavy (non-hydrogen) atoms. The summed E-state index contributed by atoms with van der Waals surface area (Å²) < 4.78 is 88.1. The van der Waals surface area contributed by atoms with Gasteiger partial charge in [0.25, 0.3) is 20.2 Å². The fraction of sp³-hybridized carbons (Fsp3) is 0.143. The van der Waals surface area contributed by atoms with Crippen LogP contribution in [0.1, 0.15) is 44.5 Å². The van der Waals surface area contributed by atoms with Gasteiger partial charge in [-0.1, -0.05) is 0 Å². The van der Waals surface area contributed by atoms with E-state index < -0.39 is 41.5 Å². The number of phenolic OH excluding ortho intramolecular Hbond substituents is 4. The van der Waals surface area contributed by atoms with Crippen LogP contribution in [0.4, 0.5) is 0 Å². The van der Waals surface area contributed by atoms with Gasteiger partial charge in [-0.15, -0.1) is 0 Å². The first-order chi connectivity index (χ1) is 20.6. The lowest BCUT2D eigenvalue weighted by Gasteiger charge is -2.19. The lowest BCUT2D eigenvalue weighted by atomic mass is 9.91. The van der Waals surface area contributed by atoms with Crippen molar-refractivity contribution >= 4 is 44.3 Å². The zero-order chi connectivity index (χ0) is 32.1. The Hall–Kier alpha value is -3.48. The minimum atomic E-state index is -4.79. The van der Waals surface area contributed by atoms with Gasteiger partial charge in [0, 0.05) is 81.8 Å². The summed E-state index contributed by atoms with van der Waals surface area (Å²) in [6.45, 7) is 0. The standard InChI is InChI=1S/C28H24O12S4/c29-25-13-1-17-9-23(43(35,36)37)10-18(27(17)31)3-15-7-22(42-34)8-16(26(15)30)4-20-12-24(44(38,39)40)11-19(28(20)32)2-14(25)6-21(5-13)41-33/h5-12,29-34H,1-4H2,(H,35,36,37)(H,38,39,40). The molecule has 16 heteroatoms. The molecule has 0 saturated heterocycles. The smallest absolute Gasteiger partial charge is 0.294 e. The van der Waals surface area contributed by atoms with Crippen LogP contribution in [0, 0.1) is 0 Å². The van der Waals surface area contributed by atoms with Crippen LogP contribution in [-0.2, 0) is 45.9 Å². The van der Waals surface area contributed by atoms with E-state index >= 15 is 0 Å². The molecule has 0 radical (unpaired) electrons. The second-order valence-corrected chi connectivity index (χ2v) is 14.4. The lowest BCUT2D eigenvalue weighted by Crippen LogP contribution is -2.06. The predicted molar refractivity (Wildman–Crippen MR) is 160 cm³/mol. The quantitative estimate of drug-likeness (QED) is 0.0941. The predicted octanol–water partition coefficient (Wildman–Crippen LogP) is 4.81. The van der Waals surface area contributed by atoms with Gasteiger partial charge in [-0.3, -0.25) is 9.11 Å². The average Bonchev–Trinajstić information content (AvgIpc) is 2.94. The summed E-state index contributed by atoms with van der Waals surface area (Å²) >= 11 is 0.628. The maximum Gasteiger partial charge on any atom is 0.294 e. The molecule has 0 heterocycles. The summed E-state index contributed by atoms with van der Waals surface area (Å²) in [6, 6.07) is 9.50. The largest absolute Gasteiger partial charge is 0.507 e. The third kappa shape index (κ3) is 6.33. The Balaban J connectivity index is 1.86. The second-order valence-electron chi connectivity index (χ2n) is 10.2. The van der Waals surface area contributed by atoms with Crippen LogP contribution in [0.3, 0.4) is 0 Å². The van der Waals surface area contributed by atoms with E-state index in [4.69, 9.17) is 0 Å². The SMILES string of the molecule is O=S(=O)(O)c1cc2c(O)c(c1)Cc1cc(SO)cc(c1O)Cc1cc(S(=O)(=O)O)cc(c1O)Cc1cc(SO)cc(c1O)C2. The highest BCUT2D eigenvalue weighted by Crippen LogP contribution is 2.41. The summed E-state index contributed by atoms with van der Waals surface area (Å²) in [7, 11) is -9.58. The number of phenols is 4. The van der Waals surface area contributed by atoms with E-state index in [1.807, 2.05) is 0 Å². The molecule has 4 aromatic carbocycles. The molecule has 0 amide bonds. The summed E-state index contributed by atoms with van der Waals surface area (Å²) in [4.78, 5) is -0.726. The molecule has 8 N–H and O–H groups in total. The molecule has 0 saturated carbocycles. The highest BCUT2D eigenvalue weighted by atomic mass is 32.2. The summed E-state index contributed by atoms with van der Waals surface area (Å²) in [6.07, 6.45) is -1.27. The molecule has 12 nitrogen and oxygen atoms in total. The van der Waals surface area contributed by atoms with Gasteiger partial charge in [-0.2, -0.15) is 16.8 Å². The minimum absolute atomic E-state index is 0.0468. The number of rotatable bonds is 4. The second kappa shape index (κ2) is 11.8. The van der Waals surface area contributed by atoms with E-state index in [0.717, 1.165) is 24.3 Å². The maximum atomic E-state index is 12.2. The van der Waals surface area contributed by atoms with Crippen LogP contribution in [-0.4, -0.2) is 55.5 Å². The Kier molecular flexibility index (Phi) is 8.56. The Bertz CT molecular complexity index is 1800. The zero-order valence-electron chi connectivity index (χ0n) is 22.3. The van der Waals surface area contributed by atoms with Crippen molar-refractivity contribution in [3.05, 3.63) is 93.0 Å². The molecule has 232 valence electrons. The summed E-state index contributed by atoms with van der Waals surface area (Å²) in [5.74, 6) is -1.56. The average molecular weight is 681 g/mol. The van der Waals surface area contributed by atoms with Crippen LogP contribution in [0.25, 0.3) is 0 Å². The van der Waals surface area contributed by atoms with Gasteiger partial charge >= 0.3 is 0 Å². The van der Waals surface area contributed by atoms with Crippen molar-refractivity contribution in [3.63, 3.8) is 0 Å². The van der Waals surface area contributed by atoms with Crippen molar-refractivity contribution in [2.24, 2.45) is 0 Å². The molecule has 4 aromatic rings. The van der Waals surface area contributed by atoms with Crippen LogP contribution < -0.4 is 0 Å². The van der Waals surface area contributed by atoms with Crippen LogP contribution >= 0.6 is 24.1 Å². The first-order valence-electron chi connectivity index (χ1n) is 12.6. The summed E-state index contributed by atoms with van der Waals surface area (Å²) in [5, 5.41) is 44.9. The van der Waals surface area contributed by atoms with Crippen LogP contribution in [0.15, 0.2) is 68.1 Å². The van der Waals surface area contributed by atoms with Crippen molar-refractivity contribution in [1.29, 1.82) is 0 Å². The van der Waals surface area contributed by atoms with Crippen molar-refractivity contribution < 1.29 is 55.5 Å². The molecule has 0 atom stereocenters. The molecule has 1 aliphatic carbocycles. The molecule has 0 aromatic heterocycles. The van der Waals surface area contributed by atoms with Gasteiger partial charge in [-0.25, -0.2) is 0 Å². The monoisotopic (exact) mass is 680 g/mol. The molecule has 1 aliphatic rings. The van der Waals surface area contributed by atoms with E-state index in [0.29, 0.717) is 24.1 Å². The number of hydrogen-bond acceptors (Lipinski definition) is 12. The Morgan fingerprint density at radius 1 is 0.432 bits per heavy atom. The van der Waals surface area contributed by atoms with Crippen molar-refractivity contribution in [1.82, 2.24) is 0 Å². The van der Waals surface area contributed by atoms with E-state index in [2.05, 4.69) is 0 Å². The third-order valence-electron chi connectivity index (χ3n) is 7.30. The maximum absolute atomic E-state index is 12.2. The summed E-state index contributed by atoms with van der Waals surface area (Å²) in [5.41, 5.74) is 0.181. The normalized spacial score (nSPS) is 13.5. The molecular formula is C28H24O12S4.